The summed E-state index contributed by atoms with van der Waals surface area (Å²) < 4.78 is 1.74. The van der Waals surface area contributed by atoms with Crippen LogP contribution >= 0.6 is 0 Å². The molecule has 9 heteroatoms. The summed E-state index contributed by atoms with van der Waals surface area (Å²) in [5.74, 6) is 1.13. The lowest BCUT2D eigenvalue weighted by molar-refractivity contribution is -0.145. The van der Waals surface area contributed by atoms with E-state index in [9.17, 15) is 9.59 Å². The minimum absolute atomic E-state index is 0.0686. The van der Waals surface area contributed by atoms with E-state index in [-0.39, 0.29) is 23.8 Å². The van der Waals surface area contributed by atoms with E-state index in [0.29, 0.717) is 39.1 Å². The van der Waals surface area contributed by atoms with Gasteiger partial charge in [0, 0.05) is 46.2 Å². The van der Waals surface area contributed by atoms with E-state index < -0.39 is 0 Å². The molecule has 0 saturated carbocycles. The zero-order valence-electron chi connectivity index (χ0n) is 16.7. The van der Waals surface area contributed by atoms with Crippen molar-refractivity contribution in [2.75, 3.05) is 37.6 Å². The number of piperazine rings is 1. The Labute approximate surface area is 164 Å². The van der Waals surface area contributed by atoms with Gasteiger partial charge in [-0.05, 0) is 12.3 Å². The standard InChI is InChI=1S/C19H27N7O2/c1-13(2)16(26-6-4-5-15(26)27)19(28)25-9-7-24(8-10-25)18-14-11-22-23(3)17(14)20-12-21-18/h11-13,16H,4-10H2,1-3H3/t16-/m0/s1. The second-order valence-electron chi connectivity index (χ2n) is 7.89. The Bertz CT molecular complexity index is 886. The van der Waals surface area contributed by atoms with Gasteiger partial charge in [-0.25, -0.2) is 9.97 Å². The van der Waals surface area contributed by atoms with Gasteiger partial charge in [0.1, 0.15) is 18.2 Å². The molecule has 9 nitrogen and oxygen atoms in total. The first-order valence-electron chi connectivity index (χ1n) is 9.93. The molecule has 0 spiro atoms. The fourth-order valence-electron chi connectivity index (χ4n) is 4.27. The van der Waals surface area contributed by atoms with Crippen LogP contribution in [0.25, 0.3) is 11.0 Å². The summed E-state index contributed by atoms with van der Waals surface area (Å²) in [5, 5.41) is 5.20. The topological polar surface area (TPSA) is 87.5 Å². The first-order valence-corrected chi connectivity index (χ1v) is 9.93. The maximum absolute atomic E-state index is 13.2. The van der Waals surface area contributed by atoms with Gasteiger partial charge in [-0.2, -0.15) is 5.10 Å². The van der Waals surface area contributed by atoms with Crippen LogP contribution in [0.4, 0.5) is 5.82 Å². The molecule has 0 unspecified atom stereocenters. The lowest BCUT2D eigenvalue weighted by atomic mass is 10.0. The Balaban J connectivity index is 1.47. The largest absolute Gasteiger partial charge is 0.352 e. The molecule has 0 aliphatic carbocycles. The molecule has 0 aromatic carbocycles. The molecule has 28 heavy (non-hydrogen) atoms. The van der Waals surface area contributed by atoms with Gasteiger partial charge in [0.05, 0.1) is 11.6 Å². The SMILES string of the molecule is CC(C)[C@@H](C(=O)N1CCN(c2ncnc3c2cnn3C)CC1)N1CCCC1=O. The van der Waals surface area contributed by atoms with E-state index >= 15 is 0 Å². The molecule has 2 aliphatic rings. The Morgan fingerprint density at radius 1 is 1.11 bits per heavy atom. The molecule has 4 rings (SSSR count). The number of amides is 2. The van der Waals surface area contributed by atoms with E-state index in [1.807, 2.05) is 25.8 Å². The first-order chi connectivity index (χ1) is 13.5. The number of nitrogens with zero attached hydrogens (tertiary/aromatic N) is 7. The van der Waals surface area contributed by atoms with Crippen molar-refractivity contribution in [3.63, 3.8) is 0 Å². The van der Waals surface area contributed by atoms with Crippen molar-refractivity contribution in [1.29, 1.82) is 0 Å². The van der Waals surface area contributed by atoms with Crippen LogP contribution in [0.3, 0.4) is 0 Å². The van der Waals surface area contributed by atoms with E-state index in [1.165, 1.54) is 0 Å². The van der Waals surface area contributed by atoms with E-state index in [0.717, 1.165) is 23.3 Å². The van der Waals surface area contributed by atoms with Crippen LogP contribution in [-0.2, 0) is 16.6 Å². The maximum atomic E-state index is 13.2. The zero-order chi connectivity index (χ0) is 19.8. The highest BCUT2D eigenvalue weighted by Gasteiger charge is 2.38. The summed E-state index contributed by atoms with van der Waals surface area (Å²) in [5.41, 5.74) is 0.802. The number of rotatable bonds is 4. The molecule has 2 aliphatic heterocycles. The molecule has 2 aromatic rings. The minimum atomic E-state index is -0.356. The number of carbonyl (C=O) groups excluding carboxylic acids is 2. The van der Waals surface area contributed by atoms with Gasteiger partial charge < -0.3 is 14.7 Å². The zero-order valence-corrected chi connectivity index (χ0v) is 16.7. The van der Waals surface area contributed by atoms with Crippen LogP contribution in [0.15, 0.2) is 12.5 Å². The van der Waals surface area contributed by atoms with Gasteiger partial charge in [-0.15, -0.1) is 0 Å². The molecule has 2 fully saturated rings. The van der Waals surface area contributed by atoms with Crippen LogP contribution in [0.2, 0.25) is 0 Å². The van der Waals surface area contributed by atoms with Crippen molar-refractivity contribution in [3.05, 3.63) is 12.5 Å². The Morgan fingerprint density at radius 3 is 2.50 bits per heavy atom. The number of likely N-dealkylation sites (tertiary alicyclic amines) is 1. The molecule has 4 heterocycles. The summed E-state index contributed by atoms with van der Waals surface area (Å²) in [6.07, 6.45) is 4.75. The average molecular weight is 385 g/mol. The quantitative estimate of drug-likeness (QED) is 0.768. The highest BCUT2D eigenvalue weighted by atomic mass is 16.2. The Hall–Kier alpha value is -2.71. The van der Waals surface area contributed by atoms with Gasteiger partial charge in [0.15, 0.2) is 5.65 Å². The first kappa shape index (κ1) is 18.6. The van der Waals surface area contributed by atoms with Gasteiger partial charge in [0.25, 0.3) is 0 Å². The van der Waals surface area contributed by atoms with Crippen molar-refractivity contribution in [2.45, 2.75) is 32.7 Å². The monoisotopic (exact) mass is 385 g/mol. The summed E-state index contributed by atoms with van der Waals surface area (Å²) in [4.78, 5) is 40.0. The second-order valence-corrected chi connectivity index (χ2v) is 7.89. The number of fused-ring (bicyclic) bond motifs is 1. The average Bonchev–Trinajstić information content (AvgIpc) is 3.28. The summed E-state index contributed by atoms with van der Waals surface area (Å²) in [6.45, 7) is 7.37. The molecule has 2 saturated heterocycles. The van der Waals surface area contributed by atoms with Gasteiger partial charge in [-0.1, -0.05) is 13.8 Å². The van der Waals surface area contributed by atoms with Crippen molar-refractivity contribution in [3.8, 4) is 0 Å². The number of aromatic nitrogens is 4. The van der Waals surface area contributed by atoms with E-state index in [2.05, 4.69) is 20.0 Å². The van der Waals surface area contributed by atoms with Gasteiger partial charge >= 0.3 is 0 Å². The Morgan fingerprint density at radius 2 is 1.86 bits per heavy atom. The number of hydrogen-bond donors (Lipinski definition) is 0. The molecule has 0 bridgehead atoms. The third kappa shape index (κ3) is 3.18. The molecule has 0 radical (unpaired) electrons. The predicted molar refractivity (Wildman–Crippen MR) is 105 cm³/mol. The Kier molecular flexibility index (Phi) is 4.91. The molecule has 2 aromatic heterocycles. The number of aryl methyl sites for hydroxylation is 1. The van der Waals surface area contributed by atoms with Gasteiger partial charge in [-0.3, -0.25) is 14.3 Å². The van der Waals surface area contributed by atoms with Crippen LogP contribution in [0, 0.1) is 5.92 Å². The van der Waals surface area contributed by atoms with Gasteiger partial charge in [0.2, 0.25) is 11.8 Å². The van der Waals surface area contributed by atoms with E-state index in [4.69, 9.17) is 0 Å². The molecule has 150 valence electrons. The molecular weight excluding hydrogens is 358 g/mol. The number of hydrogen-bond acceptors (Lipinski definition) is 6. The van der Waals surface area contributed by atoms with Crippen molar-refractivity contribution >= 4 is 28.7 Å². The van der Waals surface area contributed by atoms with Crippen molar-refractivity contribution < 1.29 is 9.59 Å². The highest BCUT2D eigenvalue weighted by molar-refractivity contribution is 5.89. The van der Waals surface area contributed by atoms with Crippen LogP contribution in [0.1, 0.15) is 26.7 Å². The predicted octanol–water partition coefficient (Wildman–Crippen LogP) is 0.659. The van der Waals surface area contributed by atoms with Crippen molar-refractivity contribution in [1.82, 2.24) is 29.5 Å². The third-order valence-corrected chi connectivity index (χ3v) is 5.73. The van der Waals surface area contributed by atoms with E-state index in [1.54, 1.807) is 22.1 Å². The van der Waals surface area contributed by atoms with Crippen LogP contribution in [-0.4, -0.2) is 80.1 Å². The van der Waals surface area contributed by atoms with Crippen molar-refractivity contribution in [2.24, 2.45) is 13.0 Å². The highest BCUT2D eigenvalue weighted by Crippen LogP contribution is 2.25. The smallest absolute Gasteiger partial charge is 0.245 e. The number of carbonyl (C=O) groups is 2. The maximum Gasteiger partial charge on any atom is 0.245 e. The second kappa shape index (κ2) is 7.37. The summed E-state index contributed by atoms with van der Waals surface area (Å²) in [6, 6.07) is -0.356. The normalized spacial score (nSPS) is 19.1. The summed E-state index contributed by atoms with van der Waals surface area (Å²) >= 11 is 0. The third-order valence-electron chi connectivity index (χ3n) is 5.73. The lowest BCUT2D eigenvalue weighted by Crippen LogP contribution is -2.56. The molecular formula is C19H27N7O2. The lowest BCUT2D eigenvalue weighted by Gasteiger charge is -2.39. The van der Waals surface area contributed by atoms with Crippen LogP contribution < -0.4 is 4.90 Å². The minimum Gasteiger partial charge on any atom is -0.352 e. The number of anilines is 1. The fourth-order valence-corrected chi connectivity index (χ4v) is 4.27. The molecule has 1 atom stereocenters. The molecule has 0 N–H and O–H groups in total. The van der Waals surface area contributed by atoms with Crippen LogP contribution in [0.5, 0.6) is 0 Å². The molecule has 2 amide bonds. The fraction of sp³-hybridized carbons (Fsp3) is 0.632. The summed E-state index contributed by atoms with van der Waals surface area (Å²) in [7, 11) is 1.86.